The summed E-state index contributed by atoms with van der Waals surface area (Å²) in [5.41, 5.74) is -0.483. The molecule has 0 saturated heterocycles. The van der Waals surface area contributed by atoms with E-state index in [-0.39, 0.29) is 5.25 Å². The van der Waals surface area contributed by atoms with Gasteiger partial charge in [-0.15, -0.1) is 11.6 Å². The molecule has 1 aliphatic carbocycles. The smallest absolute Gasteiger partial charge is 0.212 e. The van der Waals surface area contributed by atoms with Crippen LogP contribution in [0.4, 0.5) is 0 Å². The van der Waals surface area contributed by atoms with Crippen molar-refractivity contribution in [1.29, 1.82) is 0 Å². The number of sulfonamides is 1. The molecule has 0 spiro atoms. The molecule has 1 unspecified atom stereocenters. The van der Waals surface area contributed by atoms with Crippen molar-refractivity contribution in [1.82, 2.24) is 4.72 Å². The van der Waals surface area contributed by atoms with E-state index in [1.165, 1.54) is 0 Å². The van der Waals surface area contributed by atoms with E-state index in [9.17, 15) is 8.42 Å². The number of rotatable bonds is 5. The average molecular weight is 226 g/mol. The molecule has 0 aromatic heterocycles. The first-order valence-corrected chi connectivity index (χ1v) is 6.60. The van der Waals surface area contributed by atoms with E-state index >= 15 is 0 Å². The van der Waals surface area contributed by atoms with E-state index in [1.54, 1.807) is 0 Å². The molecule has 0 aromatic carbocycles. The summed E-state index contributed by atoms with van der Waals surface area (Å²) in [5.74, 6) is 0.315. The molecule has 0 bridgehead atoms. The second-order valence-electron chi connectivity index (χ2n) is 3.89. The zero-order valence-electron chi connectivity index (χ0n) is 8.01. The van der Waals surface area contributed by atoms with Crippen LogP contribution in [0.3, 0.4) is 0 Å². The Bertz CT molecular complexity index is 268. The maximum atomic E-state index is 11.6. The minimum Gasteiger partial charge on any atom is -0.212 e. The van der Waals surface area contributed by atoms with Gasteiger partial charge in [0.15, 0.2) is 0 Å². The summed E-state index contributed by atoms with van der Waals surface area (Å²) >= 11 is 5.71. The number of nitrogens with one attached hydrogen (secondary N) is 1. The van der Waals surface area contributed by atoms with Gasteiger partial charge in [-0.25, -0.2) is 13.1 Å². The zero-order valence-corrected chi connectivity index (χ0v) is 9.58. The minimum atomic E-state index is -3.10. The van der Waals surface area contributed by atoms with Crippen LogP contribution in [-0.4, -0.2) is 25.1 Å². The highest BCUT2D eigenvalue weighted by molar-refractivity contribution is 7.90. The molecule has 0 aromatic rings. The van der Waals surface area contributed by atoms with Gasteiger partial charge in [-0.2, -0.15) is 0 Å². The summed E-state index contributed by atoms with van der Waals surface area (Å²) in [6.45, 7) is 3.76. The maximum absolute atomic E-state index is 11.6. The predicted molar refractivity (Wildman–Crippen MR) is 54.5 cm³/mol. The van der Waals surface area contributed by atoms with Gasteiger partial charge in [0, 0.05) is 11.4 Å². The SMILES string of the molecule is CCC(C)(CCl)NS(=O)(=O)C1CC1. The fraction of sp³-hybridized carbons (Fsp3) is 1.00. The fourth-order valence-electron chi connectivity index (χ4n) is 0.999. The Balaban J connectivity index is 2.65. The van der Waals surface area contributed by atoms with Crippen LogP contribution in [-0.2, 0) is 10.0 Å². The summed E-state index contributed by atoms with van der Waals surface area (Å²) < 4.78 is 25.8. The Morgan fingerprint density at radius 3 is 2.38 bits per heavy atom. The quantitative estimate of drug-likeness (QED) is 0.721. The van der Waals surface area contributed by atoms with Crippen LogP contribution in [0.5, 0.6) is 0 Å². The molecule has 0 aliphatic heterocycles. The standard InChI is InChI=1S/C8H16ClNO2S/c1-3-8(2,6-9)10-13(11,12)7-4-5-7/h7,10H,3-6H2,1-2H3. The highest BCUT2D eigenvalue weighted by atomic mass is 35.5. The second-order valence-corrected chi connectivity index (χ2v) is 6.12. The van der Waals surface area contributed by atoms with Gasteiger partial charge in [0.05, 0.1) is 5.25 Å². The average Bonchev–Trinajstić information content (AvgIpc) is 2.85. The van der Waals surface area contributed by atoms with Crippen molar-refractivity contribution in [3.8, 4) is 0 Å². The molecule has 0 amide bonds. The van der Waals surface area contributed by atoms with Gasteiger partial charge >= 0.3 is 0 Å². The molecule has 0 radical (unpaired) electrons. The Kier molecular flexibility index (Phi) is 3.25. The second kappa shape index (κ2) is 3.75. The van der Waals surface area contributed by atoms with Gasteiger partial charge in [0.2, 0.25) is 10.0 Å². The van der Waals surface area contributed by atoms with Crippen LogP contribution in [0.1, 0.15) is 33.1 Å². The van der Waals surface area contributed by atoms with E-state index in [2.05, 4.69) is 4.72 Å². The third-order valence-corrected chi connectivity index (χ3v) is 5.14. The van der Waals surface area contributed by atoms with Crippen molar-refractivity contribution >= 4 is 21.6 Å². The number of alkyl halides is 1. The summed E-state index contributed by atoms with van der Waals surface area (Å²) in [6.07, 6.45) is 2.29. The van der Waals surface area contributed by atoms with Gasteiger partial charge in [0.1, 0.15) is 0 Å². The lowest BCUT2D eigenvalue weighted by molar-refractivity contribution is 0.444. The van der Waals surface area contributed by atoms with Crippen LogP contribution >= 0.6 is 11.6 Å². The molecule has 1 aliphatic rings. The van der Waals surface area contributed by atoms with E-state index in [4.69, 9.17) is 11.6 Å². The molecule has 1 fully saturated rings. The maximum Gasteiger partial charge on any atom is 0.215 e. The monoisotopic (exact) mass is 225 g/mol. The van der Waals surface area contributed by atoms with Crippen molar-refractivity contribution in [2.75, 3.05) is 5.88 Å². The molecular formula is C8H16ClNO2S. The summed E-state index contributed by atoms with van der Waals surface area (Å²) in [7, 11) is -3.10. The molecular weight excluding hydrogens is 210 g/mol. The lowest BCUT2D eigenvalue weighted by Crippen LogP contribution is -2.48. The van der Waals surface area contributed by atoms with Gasteiger partial charge in [0.25, 0.3) is 0 Å². The van der Waals surface area contributed by atoms with Crippen molar-refractivity contribution in [3.63, 3.8) is 0 Å². The molecule has 1 N–H and O–H groups in total. The normalized spacial score (nSPS) is 22.7. The minimum absolute atomic E-state index is 0.165. The Hall–Kier alpha value is 0.200. The van der Waals surface area contributed by atoms with Gasteiger partial charge in [-0.3, -0.25) is 0 Å². The van der Waals surface area contributed by atoms with Crippen LogP contribution in [0.15, 0.2) is 0 Å². The van der Waals surface area contributed by atoms with Crippen molar-refractivity contribution in [2.45, 2.75) is 43.9 Å². The molecule has 5 heteroatoms. The largest absolute Gasteiger partial charge is 0.215 e. The third kappa shape index (κ3) is 2.82. The van der Waals surface area contributed by atoms with Crippen molar-refractivity contribution in [2.24, 2.45) is 0 Å². The molecule has 13 heavy (non-hydrogen) atoms. The zero-order chi connectivity index (χ0) is 10.1. The molecule has 3 nitrogen and oxygen atoms in total. The summed E-state index contributed by atoms with van der Waals surface area (Å²) in [6, 6.07) is 0. The van der Waals surface area contributed by atoms with Crippen LogP contribution in [0.25, 0.3) is 0 Å². The van der Waals surface area contributed by atoms with E-state index < -0.39 is 15.6 Å². The van der Waals surface area contributed by atoms with E-state index in [1.807, 2.05) is 13.8 Å². The summed E-state index contributed by atoms with van der Waals surface area (Å²) in [5, 5.41) is -0.165. The first-order valence-electron chi connectivity index (χ1n) is 4.52. The highest BCUT2D eigenvalue weighted by Crippen LogP contribution is 2.29. The van der Waals surface area contributed by atoms with Crippen LogP contribution in [0, 0.1) is 0 Å². The summed E-state index contributed by atoms with van der Waals surface area (Å²) in [4.78, 5) is 0. The molecule has 0 heterocycles. The van der Waals surface area contributed by atoms with Crippen LogP contribution < -0.4 is 4.72 Å². The predicted octanol–water partition coefficient (Wildman–Crippen LogP) is 1.48. The van der Waals surface area contributed by atoms with Gasteiger partial charge in [-0.1, -0.05) is 6.92 Å². The Morgan fingerprint density at radius 2 is 2.08 bits per heavy atom. The highest BCUT2D eigenvalue weighted by Gasteiger charge is 2.39. The first-order chi connectivity index (χ1) is 5.93. The van der Waals surface area contributed by atoms with Crippen LogP contribution in [0.2, 0.25) is 0 Å². The number of hydrogen-bond acceptors (Lipinski definition) is 2. The molecule has 1 saturated carbocycles. The third-order valence-electron chi connectivity index (χ3n) is 2.43. The molecule has 78 valence electrons. The Labute approximate surface area is 84.9 Å². The molecule has 1 rings (SSSR count). The number of halogens is 1. The lowest BCUT2D eigenvalue weighted by atomic mass is 10.0. The fourth-order valence-corrected chi connectivity index (χ4v) is 3.16. The number of hydrogen-bond donors (Lipinski definition) is 1. The van der Waals surface area contributed by atoms with Gasteiger partial charge in [-0.05, 0) is 26.2 Å². The van der Waals surface area contributed by atoms with Crippen molar-refractivity contribution < 1.29 is 8.42 Å². The van der Waals surface area contributed by atoms with Crippen molar-refractivity contribution in [3.05, 3.63) is 0 Å². The molecule has 1 atom stereocenters. The van der Waals surface area contributed by atoms with E-state index in [0.29, 0.717) is 12.3 Å². The topological polar surface area (TPSA) is 46.2 Å². The van der Waals surface area contributed by atoms with Gasteiger partial charge < -0.3 is 0 Å². The lowest BCUT2D eigenvalue weighted by Gasteiger charge is -2.26. The van der Waals surface area contributed by atoms with E-state index in [0.717, 1.165) is 12.8 Å². The Morgan fingerprint density at radius 1 is 1.54 bits per heavy atom. The first kappa shape index (κ1) is 11.3.